The van der Waals surface area contributed by atoms with E-state index >= 15 is 0 Å². The van der Waals surface area contributed by atoms with Crippen LogP contribution in [0.2, 0.25) is 0 Å². The molecule has 2 rings (SSSR count). The van der Waals surface area contributed by atoms with Crippen LogP contribution < -0.4 is 15.4 Å². The molecule has 24 heavy (non-hydrogen) atoms. The number of hydrogen-bond acceptors (Lipinski definition) is 4. The summed E-state index contributed by atoms with van der Waals surface area (Å²) in [5, 5.41) is 5.82. The molecule has 0 spiro atoms. The number of halogens is 3. The standard InChI is InChI=1S/C16H18BrN3O2.2ClH/c1-18-9-3-6-15(21)20-13-7-8-16(19-11-13)22-14-5-2-4-12(17)10-14;;/h2,4-5,7-8,10-11,18H,3,6,9H2,1H3,(H,20,21);2*1H. The lowest BCUT2D eigenvalue weighted by molar-refractivity contribution is -0.116. The smallest absolute Gasteiger partial charge is 0.224 e. The van der Waals surface area contributed by atoms with Crippen LogP contribution in [-0.4, -0.2) is 24.5 Å². The molecule has 0 saturated carbocycles. The Labute approximate surface area is 162 Å². The molecule has 1 aromatic carbocycles. The third kappa shape index (κ3) is 7.97. The van der Waals surface area contributed by atoms with Crippen molar-refractivity contribution in [1.29, 1.82) is 0 Å². The first-order chi connectivity index (χ1) is 10.7. The minimum Gasteiger partial charge on any atom is -0.439 e. The van der Waals surface area contributed by atoms with E-state index in [-0.39, 0.29) is 30.7 Å². The van der Waals surface area contributed by atoms with Crippen LogP contribution in [0.15, 0.2) is 47.1 Å². The fraction of sp³-hybridized carbons (Fsp3) is 0.250. The number of ether oxygens (including phenoxy) is 1. The second kappa shape index (κ2) is 12.1. The first kappa shape index (κ1) is 22.7. The minimum absolute atomic E-state index is 0. The quantitative estimate of drug-likeness (QED) is 0.630. The van der Waals surface area contributed by atoms with Crippen molar-refractivity contribution in [2.45, 2.75) is 12.8 Å². The Morgan fingerprint density at radius 2 is 2.04 bits per heavy atom. The predicted octanol–water partition coefficient (Wildman–Crippen LogP) is 4.42. The van der Waals surface area contributed by atoms with Gasteiger partial charge in [-0.15, -0.1) is 24.8 Å². The molecule has 0 fully saturated rings. The Morgan fingerprint density at radius 1 is 1.25 bits per heavy atom. The van der Waals surface area contributed by atoms with E-state index in [0.717, 1.165) is 17.4 Å². The Kier molecular flexibility index (Phi) is 11.4. The second-order valence-corrected chi connectivity index (χ2v) is 5.62. The zero-order valence-corrected chi connectivity index (χ0v) is 16.3. The number of aromatic nitrogens is 1. The molecule has 1 amide bonds. The van der Waals surface area contributed by atoms with Crippen molar-refractivity contribution in [1.82, 2.24) is 10.3 Å². The van der Waals surface area contributed by atoms with Crippen molar-refractivity contribution in [2.24, 2.45) is 0 Å². The summed E-state index contributed by atoms with van der Waals surface area (Å²) in [5.41, 5.74) is 0.663. The van der Waals surface area contributed by atoms with E-state index in [0.29, 0.717) is 23.7 Å². The van der Waals surface area contributed by atoms with Crippen LogP contribution in [0, 0.1) is 0 Å². The van der Waals surface area contributed by atoms with Crippen LogP contribution in [0.1, 0.15) is 12.8 Å². The molecular formula is C16H20BrCl2N3O2. The van der Waals surface area contributed by atoms with Gasteiger partial charge in [-0.1, -0.05) is 22.0 Å². The summed E-state index contributed by atoms with van der Waals surface area (Å²) in [5.74, 6) is 1.16. The molecule has 0 unspecified atom stereocenters. The molecule has 1 heterocycles. The number of carbonyl (C=O) groups excluding carboxylic acids is 1. The molecule has 8 heteroatoms. The number of anilines is 1. The zero-order chi connectivity index (χ0) is 15.8. The van der Waals surface area contributed by atoms with Crippen LogP contribution in [0.25, 0.3) is 0 Å². The van der Waals surface area contributed by atoms with E-state index in [1.807, 2.05) is 31.3 Å². The van der Waals surface area contributed by atoms with Gasteiger partial charge in [0.15, 0.2) is 0 Å². The van der Waals surface area contributed by atoms with Crippen molar-refractivity contribution in [3.8, 4) is 11.6 Å². The molecule has 0 atom stereocenters. The van der Waals surface area contributed by atoms with Gasteiger partial charge in [0, 0.05) is 17.0 Å². The molecule has 0 radical (unpaired) electrons. The van der Waals surface area contributed by atoms with E-state index < -0.39 is 0 Å². The number of nitrogens with one attached hydrogen (secondary N) is 2. The normalized spacial score (nSPS) is 9.42. The summed E-state index contributed by atoms with van der Waals surface area (Å²) < 4.78 is 6.58. The van der Waals surface area contributed by atoms with Gasteiger partial charge in [0.1, 0.15) is 5.75 Å². The minimum atomic E-state index is -0.0160. The number of hydrogen-bond donors (Lipinski definition) is 2. The van der Waals surface area contributed by atoms with E-state index in [1.54, 1.807) is 18.3 Å². The van der Waals surface area contributed by atoms with Gasteiger partial charge in [0.05, 0.1) is 11.9 Å². The SMILES string of the molecule is CNCCCC(=O)Nc1ccc(Oc2cccc(Br)c2)nc1.Cl.Cl. The summed E-state index contributed by atoms with van der Waals surface area (Å²) in [6, 6.07) is 11.0. The van der Waals surface area contributed by atoms with Gasteiger partial charge in [-0.3, -0.25) is 4.79 Å². The molecule has 0 aliphatic carbocycles. The van der Waals surface area contributed by atoms with Crippen LogP contribution in [-0.2, 0) is 4.79 Å². The van der Waals surface area contributed by atoms with Gasteiger partial charge >= 0.3 is 0 Å². The summed E-state index contributed by atoms with van der Waals surface area (Å²) in [4.78, 5) is 15.9. The number of nitrogens with zero attached hydrogens (tertiary/aromatic N) is 1. The molecule has 0 aliphatic heterocycles. The third-order valence-corrected chi connectivity index (χ3v) is 3.36. The molecule has 0 aliphatic rings. The van der Waals surface area contributed by atoms with Crippen molar-refractivity contribution in [3.63, 3.8) is 0 Å². The zero-order valence-electron chi connectivity index (χ0n) is 13.1. The van der Waals surface area contributed by atoms with Crippen molar-refractivity contribution in [3.05, 3.63) is 47.1 Å². The second-order valence-electron chi connectivity index (χ2n) is 4.70. The van der Waals surface area contributed by atoms with Crippen LogP contribution in [0.4, 0.5) is 5.69 Å². The molecule has 1 aromatic heterocycles. The summed E-state index contributed by atoms with van der Waals surface area (Å²) in [7, 11) is 1.87. The summed E-state index contributed by atoms with van der Waals surface area (Å²) in [6.45, 7) is 0.824. The monoisotopic (exact) mass is 435 g/mol. The highest BCUT2D eigenvalue weighted by molar-refractivity contribution is 9.10. The average Bonchev–Trinajstić information content (AvgIpc) is 2.50. The largest absolute Gasteiger partial charge is 0.439 e. The van der Waals surface area contributed by atoms with Gasteiger partial charge in [0.25, 0.3) is 0 Å². The predicted molar refractivity (Wildman–Crippen MR) is 105 cm³/mol. The van der Waals surface area contributed by atoms with E-state index in [1.165, 1.54) is 0 Å². The molecule has 2 aromatic rings. The molecule has 132 valence electrons. The van der Waals surface area contributed by atoms with Crippen molar-refractivity contribution in [2.75, 3.05) is 18.9 Å². The van der Waals surface area contributed by atoms with Crippen molar-refractivity contribution < 1.29 is 9.53 Å². The van der Waals surface area contributed by atoms with Crippen molar-refractivity contribution >= 4 is 52.3 Å². The fourth-order valence-electron chi connectivity index (χ4n) is 1.82. The molecular weight excluding hydrogens is 417 g/mol. The molecule has 0 bridgehead atoms. The lowest BCUT2D eigenvalue weighted by Crippen LogP contribution is -2.15. The molecule has 2 N–H and O–H groups in total. The topological polar surface area (TPSA) is 63.2 Å². The van der Waals surface area contributed by atoms with Gasteiger partial charge in [-0.05, 0) is 44.3 Å². The molecule has 0 saturated heterocycles. The van der Waals surface area contributed by atoms with Gasteiger partial charge < -0.3 is 15.4 Å². The lowest BCUT2D eigenvalue weighted by atomic mass is 10.3. The highest BCUT2D eigenvalue weighted by Gasteiger charge is 2.04. The average molecular weight is 437 g/mol. The van der Waals surface area contributed by atoms with Gasteiger partial charge in [0.2, 0.25) is 11.8 Å². The third-order valence-electron chi connectivity index (χ3n) is 2.87. The first-order valence-electron chi connectivity index (χ1n) is 7.01. The number of benzene rings is 1. The van der Waals surface area contributed by atoms with Crippen LogP contribution >= 0.6 is 40.7 Å². The maximum Gasteiger partial charge on any atom is 0.224 e. The van der Waals surface area contributed by atoms with Gasteiger partial charge in [-0.2, -0.15) is 0 Å². The number of pyridine rings is 1. The van der Waals surface area contributed by atoms with Gasteiger partial charge in [-0.25, -0.2) is 4.98 Å². The summed E-state index contributed by atoms with van der Waals surface area (Å²) >= 11 is 3.39. The molecule has 5 nitrogen and oxygen atoms in total. The van der Waals surface area contributed by atoms with E-state index in [4.69, 9.17) is 4.74 Å². The Bertz CT molecular complexity index is 627. The van der Waals surface area contributed by atoms with E-state index in [9.17, 15) is 4.79 Å². The first-order valence-corrected chi connectivity index (χ1v) is 7.80. The maximum atomic E-state index is 11.7. The van der Waals surface area contributed by atoms with E-state index in [2.05, 4.69) is 31.5 Å². The number of carbonyl (C=O) groups is 1. The Hall–Kier alpha value is -1.34. The maximum absolute atomic E-state index is 11.7. The van der Waals surface area contributed by atoms with Crippen LogP contribution in [0.5, 0.6) is 11.6 Å². The lowest BCUT2D eigenvalue weighted by Gasteiger charge is -2.07. The van der Waals surface area contributed by atoms with Crippen LogP contribution in [0.3, 0.4) is 0 Å². The number of amides is 1. The highest BCUT2D eigenvalue weighted by Crippen LogP contribution is 2.23. The number of rotatable bonds is 7. The summed E-state index contributed by atoms with van der Waals surface area (Å²) in [6.07, 6.45) is 2.88. The highest BCUT2D eigenvalue weighted by atomic mass is 79.9. The Morgan fingerprint density at radius 3 is 2.67 bits per heavy atom. The fourth-order valence-corrected chi connectivity index (χ4v) is 2.19. The Balaban J connectivity index is 0.00000264.